The van der Waals surface area contributed by atoms with Crippen molar-refractivity contribution in [2.45, 2.75) is 12.5 Å². The second kappa shape index (κ2) is 6.69. The van der Waals surface area contributed by atoms with Crippen LogP contribution in [0.1, 0.15) is 16.8 Å². The van der Waals surface area contributed by atoms with Crippen molar-refractivity contribution in [1.29, 1.82) is 0 Å². The summed E-state index contributed by atoms with van der Waals surface area (Å²) in [5, 5.41) is 11.7. The van der Waals surface area contributed by atoms with Gasteiger partial charge in [-0.1, -0.05) is 24.3 Å². The lowest BCUT2D eigenvalue weighted by atomic mass is 10.1. The Hall–Kier alpha value is -3.68. The van der Waals surface area contributed by atoms with Crippen LogP contribution in [0.3, 0.4) is 0 Å². The van der Waals surface area contributed by atoms with Crippen molar-refractivity contribution in [3.8, 4) is 5.69 Å². The van der Waals surface area contributed by atoms with E-state index in [4.69, 9.17) is 4.42 Å². The molecule has 1 N–H and O–H groups in total. The zero-order chi connectivity index (χ0) is 20.1. The summed E-state index contributed by atoms with van der Waals surface area (Å²) < 4.78 is 5.78. The van der Waals surface area contributed by atoms with Crippen molar-refractivity contribution in [3.63, 3.8) is 0 Å². The lowest BCUT2D eigenvalue weighted by Gasteiger charge is -2.28. The van der Waals surface area contributed by atoms with E-state index in [2.05, 4.69) is 20.5 Å². The summed E-state index contributed by atoms with van der Waals surface area (Å²) in [6.45, 7) is 1.40. The average Bonchev–Trinajstić information content (AvgIpc) is 3.17. The summed E-state index contributed by atoms with van der Waals surface area (Å²) in [6.07, 6.45) is 4.39. The molecule has 150 valence electrons. The molecule has 8 nitrogen and oxygen atoms in total. The molecule has 1 amide bonds. The zero-order valence-corrected chi connectivity index (χ0v) is 16.2. The molecule has 3 heterocycles. The van der Waals surface area contributed by atoms with Gasteiger partial charge in [-0.25, -0.2) is 0 Å². The molecule has 1 aliphatic heterocycles. The summed E-state index contributed by atoms with van der Waals surface area (Å²) in [7, 11) is 0. The van der Waals surface area contributed by atoms with Gasteiger partial charge in [-0.2, -0.15) is 20.0 Å². The fourth-order valence-electron chi connectivity index (χ4n) is 4.53. The Bertz CT molecular complexity index is 1180. The van der Waals surface area contributed by atoms with E-state index in [1.54, 1.807) is 12.4 Å². The first-order valence-electron chi connectivity index (χ1n) is 10.1. The lowest BCUT2D eigenvalue weighted by Crippen LogP contribution is -2.42. The van der Waals surface area contributed by atoms with Crippen LogP contribution in [0, 0.1) is 11.8 Å². The topological polar surface area (TPSA) is 89.1 Å². The van der Waals surface area contributed by atoms with Crippen LogP contribution in [0.2, 0.25) is 0 Å². The fourth-order valence-corrected chi connectivity index (χ4v) is 4.53. The van der Waals surface area contributed by atoms with Gasteiger partial charge in [-0.3, -0.25) is 4.79 Å². The molecular weight excluding hydrogens is 380 g/mol. The first kappa shape index (κ1) is 17.2. The number of para-hydroxylation sites is 3. The number of benzene rings is 2. The van der Waals surface area contributed by atoms with E-state index >= 15 is 0 Å². The number of piperidine rings is 1. The Morgan fingerprint density at radius 1 is 1.10 bits per heavy atom. The second-order valence-electron chi connectivity index (χ2n) is 7.89. The molecule has 6 rings (SSSR count). The van der Waals surface area contributed by atoms with Gasteiger partial charge in [0.05, 0.1) is 29.7 Å². The van der Waals surface area contributed by atoms with Crippen molar-refractivity contribution in [3.05, 3.63) is 66.5 Å². The van der Waals surface area contributed by atoms with Gasteiger partial charge < -0.3 is 14.6 Å². The summed E-state index contributed by atoms with van der Waals surface area (Å²) in [4.78, 5) is 21.4. The van der Waals surface area contributed by atoms with E-state index in [1.807, 2.05) is 53.4 Å². The molecule has 2 aromatic heterocycles. The molecule has 0 radical (unpaired) electrons. The van der Waals surface area contributed by atoms with E-state index in [1.165, 1.54) is 11.2 Å². The van der Waals surface area contributed by atoms with E-state index < -0.39 is 0 Å². The monoisotopic (exact) mass is 400 g/mol. The average molecular weight is 400 g/mol. The number of fused-ring (bicyclic) bond motifs is 2. The van der Waals surface area contributed by atoms with Gasteiger partial charge in [0.25, 0.3) is 11.9 Å². The van der Waals surface area contributed by atoms with Crippen LogP contribution in [0.15, 0.2) is 65.3 Å². The van der Waals surface area contributed by atoms with Gasteiger partial charge in [0.1, 0.15) is 5.52 Å². The Kier molecular flexibility index (Phi) is 3.83. The highest BCUT2D eigenvalue weighted by molar-refractivity contribution is 5.98. The standard InChI is InChI=1S/C22H20N6O2/c29-21(15-5-1-3-7-18(15)28-24-9-10-25-28)27-13-14-11-16(14)19(27)12-23-22-26-17-6-2-4-8-20(17)30-22/h1-10,14,16,19H,11-13H2,(H,23,26)/t14-,16-,19-/m1/s1. The summed E-state index contributed by atoms with van der Waals surface area (Å²) >= 11 is 0. The van der Waals surface area contributed by atoms with E-state index in [0.717, 1.165) is 17.6 Å². The molecule has 1 saturated carbocycles. The Labute approximate surface area is 172 Å². The minimum atomic E-state index is 0.0134. The van der Waals surface area contributed by atoms with Crippen LogP contribution in [-0.4, -0.2) is 49.9 Å². The normalized spacial score (nSPS) is 22.3. The largest absolute Gasteiger partial charge is 0.424 e. The van der Waals surface area contributed by atoms with Gasteiger partial charge in [0.15, 0.2) is 5.58 Å². The van der Waals surface area contributed by atoms with Gasteiger partial charge in [-0.15, -0.1) is 0 Å². The number of nitrogens with zero attached hydrogens (tertiary/aromatic N) is 5. The van der Waals surface area contributed by atoms with Gasteiger partial charge >= 0.3 is 0 Å². The number of rotatable bonds is 5. The third-order valence-electron chi connectivity index (χ3n) is 6.09. The molecule has 0 spiro atoms. The van der Waals surface area contributed by atoms with Gasteiger partial charge in [-0.05, 0) is 42.5 Å². The SMILES string of the molecule is O=C(c1ccccc1-n1nccn1)N1C[C@H]2C[C@H]2[C@H]1CNc1nc2ccccc2o1. The molecule has 2 aromatic carbocycles. The van der Waals surface area contributed by atoms with Gasteiger partial charge in [0, 0.05) is 13.1 Å². The zero-order valence-electron chi connectivity index (χ0n) is 16.2. The summed E-state index contributed by atoms with van der Waals surface area (Å²) in [6, 6.07) is 15.8. The van der Waals surface area contributed by atoms with Crippen LogP contribution < -0.4 is 5.32 Å². The number of anilines is 1. The number of hydrogen-bond acceptors (Lipinski definition) is 6. The number of hydrogen-bond donors (Lipinski definition) is 1. The molecule has 1 saturated heterocycles. The van der Waals surface area contributed by atoms with Crippen molar-refractivity contribution in [1.82, 2.24) is 24.9 Å². The predicted molar refractivity (Wildman–Crippen MR) is 110 cm³/mol. The van der Waals surface area contributed by atoms with Crippen LogP contribution in [0.4, 0.5) is 6.01 Å². The summed E-state index contributed by atoms with van der Waals surface area (Å²) in [5.41, 5.74) is 2.88. The molecule has 2 aliphatic rings. The number of oxazole rings is 1. The highest BCUT2D eigenvalue weighted by atomic mass is 16.4. The highest BCUT2D eigenvalue weighted by Gasteiger charge is 2.54. The molecule has 0 unspecified atom stereocenters. The molecule has 30 heavy (non-hydrogen) atoms. The highest BCUT2D eigenvalue weighted by Crippen LogP contribution is 2.50. The third-order valence-corrected chi connectivity index (χ3v) is 6.09. The Morgan fingerprint density at radius 2 is 1.90 bits per heavy atom. The lowest BCUT2D eigenvalue weighted by molar-refractivity contribution is 0.0714. The van der Waals surface area contributed by atoms with Crippen molar-refractivity contribution in [2.75, 3.05) is 18.4 Å². The first-order valence-corrected chi connectivity index (χ1v) is 10.1. The first-order chi connectivity index (χ1) is 14.8. The van der Waals surface area contributed by atoms with Crippen molar-refractivity contribution < 1.29 is 9.21 Å². The van der Waals surface area contributed by atoms with Gasteiger partial charge in [0.2, 0.25) is 0 Å². The maximum absolute atomic E-state index is 13.5. The number of carbonyl (C=O) groups excluding carboxylic acids is 1. The maximum Gasteiger partial charge on any atom is 0.295 e. The van der Waals surface area contributed by atoms with Crippen LogP contribution in [-0.2, 0) is 0 Å². The molecule has 2 fully saturated rings. The molecule has 0 bridgehead atoms. The third kappa shape index (κ3) is 2.83. The number of nitrogens with one attached hydrogen (secondary N) is 1. The number of carbonyl (C=O) groups is 1. The van der Waals surface area contributed by atoms with Crippen molar-refractivity contribution in [2.24, 2.45) is 11.8 Å². The minimum Gasteiger partial charge on any atom is -0.424 e. The van der Waals surface area contributed by atoms with E-state index in [-0.39, 0.29) is 11.9 Å². The van der Waals surface area contributed by atoms with E-state index in [9.17, 15) is 4.79 Å². The predicted octanol–water partition coefficient (Wildman–Crippen LogP) is 2.98. The smallest absolute Gasteiger partial charge is 0.295 e. The Balaban J connectivity index is 1.24. The molecule has 4 aromatic rings. The molecule has 1 aliphatic carbocycles. The quantitative estimate of drug-likeness (QED) is 0.554. The number of likely N-dealkylation sites (tertiary alicyclic amines) is 1. The minimum absolute atomic E-state index is 0.0134. The van der Waals surface area contributed by atoms with Crippen LogP contribution in [0.5, 0.6) is 0 Å². The van der Waals surface area contributed by atoms with E-state index in [0.29, 0.717) is 35.6 Å². The number of aromatic nitrogens is 4. The summed E-state index contributed by atoms with van der Waals surface area (Å²) in [5.74, 6) is 1.12. The van der Waals surface area contributed by atoms with Crippen LogP contribution in [0.25, 0.3) is 16.8 Å². The maximum atomic E-state index is 13.5. The number of amides is 1. The molecule has 8 heteroatoms. The second-order valence-corrected chi connectivity index (χ2v) is 7.89. The van der Waals surface area contributed by atoms with Crippen LogP contribution >= 0.6 is 0 Å². The fraction of sp³-hybridized carbons (Fsp3) is 0.273. The van der Waals surface area contributed by atoms with Crippen molar-refractivity contribution >= 4 is 23.0 Å². The molecule has 3 atom stereocenters. The Morgan fingerprint density at radius 3 is 2.77 bits per heavy atom. The molecular formula is C22H20N6O2.